The van der Waals surface area contributed by atoms with Crippen molar-refractivity contribution in [3.8, 4) is 0 Å². The maximum absolute atomic E-state index is 6.63. The van der Waals surface area contributed by atoms with Gasteiger partial charge in [-0.05, 0) is 44.6 Å². The van der Waals surface area contributed by atoms with E-state index in [0.717, 1.165) is 54.3 Å². The highest BCUT2D eigenvalue weighted by atomic mass is 15.1. The van der Waals surface area contributed by atoms with Gasteiger partial charge in [0.2, 0.25) is 0 Å². The molecule has 24 heavy (non-hydrogen) atoms. The van der Waals surface area contributed by atoms with Crippen LogP contribution >= 0.6 is 0 Å². The molecule has 6 nitrogen and oxygen atoms in total. The molecular weight excluding hydrogens is 300 g/mol. The second-order valence-corrected chi connectivity index (χ2v) is 6.49. The monoisotopic (exact) mass is 326 g/mol. The van der Waals surface area contributed by atoms with E-state index in [0.29, 0.717) is 5.92 Å². The molecule has 0 aromatic carbocycles. The van der Waals surface area contributed by atoms with E-state index in [-0.39, 0.29) is 5.92 Å². The average molecular weight is 326 g/mol. The minimum absolute atomic E-state index is 0.0988. The van der Waals surface area contributed by atoms with Gasteiger partial charge in [-0.3, -0.25) is 9.98 Å². The summed E-state index contributed by atoms with van der Waals surface area (Å²) in [5, 5.41) is 3.46. The molecule has 1 aromatic rings. The Bertz CT molecular complexity index is 668. The second-order valence-electron chi connectivity index (χ2n) is 6.49. The summed E-state index contributed by atoms with van der Waals surface area (Å²) in [5.41, 5.74) is 16.4. The molecule has 0 amide bonds. The van der Waals surface area contributed by atoms with E-state index in [2.05, 4.69) is 27.2 Å². The van der Waals surface area contributed by atoms with Crippen LogP contribution in [0.1, 0.15) is 24.3 Å². The maximum Gasteiger partial charge on any atom is 0.130 e. The highest BCUT2D eigenvalue weighted by Gasteiger charge is 2.34. The third-order valence-corrected chi connectivity index (χ3v) is 5.01. The lowest BCUT2D eigenvalue weighted by molar-refractivity contribution is 0.234. The lowest BCUT2D eigenvalue weighted by Crippen LogP contribution is -2.43. The van der Waals surface area contributed by atoms with Gasteiger partial charge < -0.3 is 21.7 Å². The first-order valence-corrected chi connectivity index (χ1v) is 8.39. The topological polar surface area (TPSA) is 92.6 Å². The molecule has 1 aromatic heterocycles. The normalized spacial score (nSPS) is 26.8. The molecule has 0 radical (unpaired) electrons. The Morgan fingerprint density at radius 2 is 2.12 bits per heavy atom. The van der Waals surface area contributed by atoms with E-state index in [4.69, 9.17) is 11.5 Å². The van der Waals surface area contributed by atoms with Gasteiger partial charge in [0.25, 0.3) is 0 Å². The van der Waals surface area contributed by atoms with Crippen LogP contribution in [0.2, 0.25) is 0 Å². The van der Waals surface area contributed by atoms with Crippen molar-refractivity contribution < 1.29 is 0 Å². The summed E-state index contributed by atoms with van der Waals surface area (Å²) in [6, 6.07) is 3.97. The standard InChI is InChI=1S/C18H26N6/c1-21-18-14(10-19)15(13-4-3-7-22-11-13)16(20)17(23-18)12-5-8-24(2)9-6-12/h3-4,7,10-12,15H,5-6,8-9,19-20H2,1-2H3,(H,21,23)/b14-10-. The van der Waals surface area contributed by atoms with Crippen LogP contribution < -0.4 is 16.8 Å². The van der Waals surface area contributed by atoms with Crippen molar-refractivity contribution in [3.05, 3.63) is 53.3 Å². The van der Waals surface area contributed by atoms with E-state index >= 15 is 0 Å². The van der Waals surface area contributed by atoms with Gasteiger partial charge in [0.05, 0.1) is 5.92 Å². The Morgan fingerprint density at radius 1 is 1.38 bits per heavy atom. The first kappa shape index (κ1) is 16.5. The Morgan fingerprint density at radius 3 is 2.71 bits per heavy atom. The van der Waals surface area contributed by atoms with Crippen molar-refractivity contribution in [2.45, 2.75) is 18.8 Å². The van der Waals surface area contributed by atoms with Crippen LogP contribution in [0, 0.1) is 5.92 Å². The zero-order valence-electron chi connectivity index (χ0n) is 14.4. The maximum atomic E-state index is 6.63. The van der Waals surface area contributed by atoms with Crippen molar-refractivity contribution in [2.75, 3.05) is 27.2 Å². The van der Waals surface area contributed by atoms with Gasteiger partial charge >= 0.3 is 0 Å². The van der Waals surface area contributed by atoms with Crippen molar-refractivity contribution in [1.82, 2.24) is 15.2 Å². The van der Waals surface area contributed by atoms with Gasteiger partial charge in [-0.15, -0.1) is 0 Å². The van der Waals surface area contributed by atoms with Crippen molar-refractivity contribution in [2.24, 2.45) is 22.4 Å². The molecule has 2 aliphatic rings. The van der Waals surface area contributed by atoms with Gasteiger partial charge in [0, 0.05) is 48.5 Å². The van der Waals surface area contributed by atoms with Gasteiger partial charge in [-0.1, -0.05) is 6.07 Å². The number of rotatable bonds is 2. The van der Waals surface area contributed by atoms with Crippen LogP contribution in [0.5, 0.6) is 0 Å². The number of nitrogens with one attached hydrogen (secondary N) is 1. The lowest BCUT2D eigenvalue weighted by atomic mass is 9.81. The third-order valence-electron chi connectivity index (χ3n) is 5.01. The number of nitrogens with two attached hydrogens (primary N) is 2. The number of aliphatic imine (C=N–C) groups is 1. The number of likely N-dealkylation sites (tertiary alicyclic amines) is 1. The summed E-state index contributed by atoms with van der Waals surface area (Å²) in [7, 11) is 3.94. The molecule has 1 saturated heterocycles. The van der Waals surface area contributed by atoms with Gasteiger partial charge in [-0.2, -0.15) is 0 Å². The summed E-state index contributed by atoms with van der Waals surface area (Å²) in [6.07, 6.45) is 7.41. The molecule has 3 heterocycles. The summed E-state index contributed by atoms with van der Waals surface area (Å²) in [4.78, 5) is 11.0. The van der Waals surface area contributed by atoms with E-state index < -0.39 is 0 Å². The Labute approximate surface area is 143 Å². The molecule has 6 heteroatoms. The average Bonchev–Trinajstić information content (AvgIpc) is 2.62. The van der Waals surface area contributed by atoms with Crippen LogP contribution in [0.25, 0.3) is 0 Å². The number of hydrogen-bond donors (Lipinski definition) is 3. The SMILES string of the molecule is C/N=C1/NC(C2CCN(C)CC2)=C(N)C(c2cccnc2)/C1=C/N. The first-order valence-electron chi connectivity index (χ1n) is 8.39. The number of hydrogen-bond acceptors (Lipinski definition) is 5. The zero-order chi connectivity index (χ0) is 17.1. The Balaban J connectivity index is 2.04. The third kappa shape index (κ3) is 3.01. The smallest absolute Gasteiger partial charge is 0.130 e. The molecular formula is C18H26N6. The second kappa shape index (κ2) is 7.05. The number of aromatic nitrogens is 1. The fourth-order valence-electron chi connectivity index (χ4n) is 3.63. The van der Waals surface area contributed by atoms with Gasteiger partial charge in [-0.25, -0.2) is 0 Å². The Kier molecular flexibility index (Phi) is 4.85. The quantitative estimate of drug-likeness (QED) is 0.758. The summed E-state index contributed by atoms with van der Waals surface area (Å²) in [5.74, 6) is 1.13. The predicted molar refractivity (Wildman–Crippen MR) is 97.2 cm³/mol. The number of piperidine rings is 1. The molecule has 1 unspecified atom stereocenters. The highest BCUT2D eigenvalue weighted by Crippen LogP contribution is 2.37. The minimum atomic E-state index is -0.0988. The predicted octanol–water partition coefficient (Wildman–Crippen LogP) is 1.15. The largest absolute Gasteiger partial charge is 0.404 e. The molecule has 2 aliphatic heterocycles. The van der Waals surface area contributed by atoms with Crippen LogP contribution in [-0.4, -0.2) is 42.9 Å². The number of allylic oxidation sites excluding steroid dienone is 2. The van der Waals surface area contributed by atoms with Crippen LogP contribution in [0.3, 0.4) is 0 Å². The summed E-state index contributed by atoms with van der Waals surface area (Å²) < 4.78 is 0. The van der Waals surface area contributed by atoms with Crippen molar-refractivity contribution in [3.63, 3.8) is 0 Å². The molecule has 0 saturated carbocycles. The Hall–Kier alpha value is -2.34. The highest BCUT2D eigenvalue weighted by molar-refractivity contribution is 6.02. The van der Waals surface area contributed by atoms with Crippen LogP contribution in [0.15, 0.2) is 52.7 Å². The van der Waals surface area contributed by atoms with E-state index in [1.165, 1.54) is 0 Å². The minimum Gasteiger partial charge on any atom is -0.404 e. The van der Waals surface area contributed by atoms with E-state index in [9.17, 15) is 0 Å². The van der Waals surface area contributed by atoms with Gasteiger partial charge in [0.1, 0.15) is 5.84 Å². The molecule has 0 aliphatic carbocycles. The number of amidine groups is 1. The molecule has 0 spiro atoms. The van der Waals surface area contributed by atoms with Crippen molar-refractivity contribution in [1.29, 1.82) is 0 Å². The fourth-order valence-corrected chi connectivity index (χ4v) is 3.63. The van der Waals surface area contributed by atoms with Crippen LogP contribution in [-0.2, 0) is 0 Å². The number of pyridine rings is 1. The number of nitrogens with zero attached hydrogens (tertiary/aromatic N) is 3. The van der Waals surface area contributed by atoms with E-state index in [1.807, 2.05) is 18.3 Å². The first-order chi connectivity index (χ1) is 11.7. The van der Waals surface area contributed by atoms with E-state index in [1.54, 1.807) is 19.4 Å². The van der Waals surface area contributed by atoms with Crippen LogP contribution in [0.4, 0.5) is 0 Å². The molecule has 128 valence electrons. The summed E-state index contributed by atoms with van der Waals surface area (Å²) >= 11 is 0. The summed E-state index contributed by atoms with van der Waals surface area (Å²) in [6.45, 7) is 2.16. The molecule has 5 N–H and O–H groups in total. The molecule has 3 rings (SSSR count). The van der Waals surface area contributed by atoms with Crippen molar-refractivity contribution >= 4 is 5.84 Å². The fraction of sp³-hybridized carbons (Fsp3) is 0.444. The molecule has 1 fully saturated rings. The molecule has 0 bridgehead atoms. The lowest BCUT2D eigenvalue weighted by Gasteiger charge is -2.37. The zero-order valence-corrected chi connectivity index (χ0v) is 14.4. The van der Waals surface area contributed by atoms with Gasteiger partial charge in [0.15, 0.2) is 0 Å². The molecule has 1 atom stereocenters.